The molecule has 11 heavy (non-hydrogen) atoms. The van der Waals surface area contributed by atoms with E-state index in [1.165, 1.54) is 0 Å². The van der Waals surface area contributed by atoms with Crippen LogP contribution in [0.4, 0.5) is 0 Å². The number of esters is 1. The molecule has 0 radical (unpaired) electrons. The van der Waals surface area contributed by atoms with Crippen molar-refractivity contribution in [3.63, 3.8) is 0 Å². The molecule has 0 aliphatic carbocycles. The largest absolute Gasteiger partial charge is 0.460 e. The van der Waals surface area contributed by atoms with Gasteiger partial charge in [-0.25, -0.2) is 4.79 Å². The van der Waals surface area contributed by atoms with E-state index in [0.29, 0.717) is 12.0 Å². The lowest BCUT2D eigenvalue weighted by Crippen LogP contribution is -2.10. The number of ether oxygens (including phenoxy) is 1. The Morgan fingerprint density at radius 1 is 1.64 bits per heavy atom. The quantitative estimate of drug-likeness (QED) is 0.488. The molecule has 0 amide bonds. The third kappa shape index (κ3) is 3.78. The minimum absolute atomic E-state index is 0.0795. The monoisotopic (exact) mass is 158 g/mol. The van der Waals surface area contributed by atoms with Gasteiger partial charge in [0.2, 0.25) is 0 Å². The fourth-order valence-corrected chi connectivity index (χ4v) is 0.697. The summed E-state index contributed by atoms with van der Waals surface area (Å²) in [6.45, 7) is 3.64. The smallest absolute Gasteiger partial charge is 0.333 e. The molecule has 3 nitrogen and oxygen atoms in total. The zero-order valence-corrected chi connectivity index (χ0v) is 6.96. The number of carbonyl (C=O) groups is 1. The van der Waals surface area contributed by atoms with E-state index in [2.05, 4.69) is 4.74 Å². The van der Waals surface area contributed by atoms with E-state index in [-0.39, 0.29) is 19.2 Å². The van der Waals surface area contributed by atoms with E-state index < -0.39 is 0 Å². The second-order valence-corrected chi connectivity index (χ2v) is 2.03. The minimum atomic E-state index is -0.330. The van der Waals surface area contributed by atoms with E-state index >= 15 is 0 Å². The molecule has 0 atom stereocenters. The highest BCUT2D eigenvalue weighted by Gasteiger charge is 2.05. The van der Waals surface area contributed by atoms with Crippen molar-refractivity contribution in [2.24, 2.45) is 0 Å². The van der Waals surface area contributed by atoms with Crippen LogP contribution in [-0.2, 0) is 9.53 Å². The van der Waals surface area contributed by atoms with Crippen LogP contribution >= 0.6 is 0 Å². The van der Waals surface area contributed by atoms with E-state index in [1.807, 2.05) is 6.92 Å². The Kier molecular flexibility index (Phi) is 5.47. The Hall–Kier alpha value is -0.830. The average molecular weight is 158 g/mol. The summed E-state index contributed by atoms with van der Waals surface area (Å²) >= 11 is 0. The summed E-state index contributed by atoms with van der Waals surface area (Å²) in [4.78, 5) is 11.0. The molecule has 0 heterocycles. The summed E-state index contributed by atoms with van der Waals surface area (Å²) in [5.41, 5.74) is 0.651. The highest BCUT2D eigenvalue weighted by Crippen LogP contribution is 2.02. The normalized spacial score (nSPS) is 11.4. The lowest BCUT2D eigenvalue weighted by atomic mass is 10.2. The number of allylic oxidation sites excluding steroid dienone is 1. The van der Waals surface area contributed by atoms with Gasteiger partial charge in [-0.05, 0) is 13.3 Å². The first-order valence-electron chi connectivity index (χ1n) is 3.69. The lowest BCUT2D eigenvalue weighted by Gasteiger charge is -2.03. The van der Waals surface area contributed by atoms with Gasteiger partial charge in [-0.15, -0.1) is 0 Å². The van der Waals surface area contributed by atoms with Gasteiger partial charge >= 0.3 is 5.97 Å². The molecule has 3 heteroatoms. The van der Waals surface area contributed by atoms with Crippen LogP contribution in [-0.4, -0.2) is 24.3 Å². The van der Waals surface area contributed by atoms with Gasteiger partial charge in [-0.2, -0.15) is 0 Å². The average Bonchev–Trinajstić information content (AvgIpc) is 2.03. The van der Waals surface area contributed by atoms with Crippen molar-refractivity contribution in [3.8, 4) is 0 Å². The van der Waals surface area contributed by atoms with Gasteiger partial charge in [-0.3, -0.25) is 0 Å². The minimum Gasteiger partial charge on any atom is -0.460 e. The predicted octanol–water partition coefficient (Wildman–Crippen LogP) is 0.878. The number of carbonyl (C=O) groups excluding carboxylic acids is 1. The van der Waals surface area contributed by atoms with Crippen LogP contribution in [0.2, 0.25) is 0 Å². The summed E-state index contributed by atoms with van der Waals surface area (Å²) < 4.78 is 4.68. The van der Waals surface area contributed by atoms with Crippen LogP contribution in [0.3, 0.4) is 0 Å². The summed E-state index contributed by atoms with van der Waals surface area (Å²) in [5, 5.41) is 8.35. The SMILES string of the molecule is CC=C(CC)C(=O)OCCO. The molecule has 0 saturated heterocycles. The molecule has 0 aromatic rings. The van der Waals surface area contributed by atoms with Gasteiger partial charge in [0.1, 0.15) is 6.61 Å². The number of aliphatic hydroxyl groups excluding tert-OH is 1. The fourth-order valence-electron chi connectivity index (χ4n) is 0.697. The fraction of sp³-hybridized carbons (Fsp3) is 0.625. The van der Waals surface area contributed by atoms with Crippen molar-refractivity contribution in [1.82, 2.24) is 0 Å². The van der Waals surface area contributed by atoms with Crippen molar-refractivity contribution in [1.29, 1.82) is 0 Å². The molecule has 0 aromatic carbocycles. The first-order chi connectivity index (χ1) is 5.26. The highest BCUT2D eigenvalue weighted by atomic mass is 16.5. The predicted molar refractivity (Wildman–Crippen MR) is 42.1 cm³/mol. The first-order valence-corrected chi connectivity index (χ1v) is 3.69. The van der Waals surface area contributed by atoms with Crippen molar-refractivity contribution in [2.75, 3.05) is 13.2 Å². The maximum Gasteiger partial charge on any atom is 0.333 e. The van der Waals surface area contributed by atoms with Crippen LogP contribution in [0.1, 0.15) is 20.3 Å². The number of rotatable bonds is 4. The maximum absolute atomic E-state index is 11.0. The van der Waals surface area contributed by atoms with Crippen molar-refractivity contribution in [2.45, 2.75) is 20.3 Å². The summed E-state index contributed by atoms with van der Waals surface area (Å²) in [6.07, 6.45) is 2.39. The summed E-state index contributed by atoms with van der Waals surface area (Å²) in [5.74, 6) is -0.330. The van der Waals surface area contributed by atoms with Crippen molar-refractivity contribution in [3.05, 3.63) is 11.6 Å². The Bertz CT molecular complexity index is 149. The Balaban J connectivity index is 3.81. The van der Waals surface area contributed by atoms with E-state index in [9.17, 15) is 4.79 Å². The number of hydrogen-bond acceptors (Lipinski definition) is 3. The van der Waals surface area contributed by atoms with Crippen LogP contribution in [0.5, 0.6) is 0 Å². The van der Waals surface area contributed by atoms with Gasteiger partial charge in [0, 0.05) is 5.57 Å². The topological polar surface area (TPSA) is 46.5 Å². The molecule has 0 rings (SSSR count). The second kappa shape index (κ2) is 5.92. The molecule has 0 unspecified atom stereocenters. The zero-order valence-electron chi connectivity index (χ0n) is 6.96. The molecule has 0 saturated carbocycles. The Labute approximate surface area is 66.7 Å². The van der Waals surface area contributed by atoms with Crippen LogP contribution in [0.25, 0.3) is 0 Å². The second-order valence-electron chi connectivity index (χ2n) is 2.03. The van der Waals surface area contributed by atoms with Crippen LogP contribution in [0.15, 0.2) is 11.6 Å². The van der Waals surface area contributed by atoms with E-state index in [0.717, 1.165) is 0 Å². The molecular weight excluding hydrogens is 144 g/mol. The van der Waals surface area contributed by atoms with Crippen LogP contribution < -0.4 is 0 Å². The van der Waals surface area contributed by atoms with E-state index in [4.69, 9.17) is 5.11 Å². The maximum atomic E-state index is 11.0. The molecule has 0 aliphatic heterocycles. The molecule has 0 fully saturated rings. The third-order valence-electron chi connectivity index (χ3n) is 1.32. The van der Waals surface area contributed by atoms with Gasteiger partial charge < -0.3 is 9.84 Å². The summed E-state index contributed by atoms with van der Waals surface area (Å²) in [7, 11) is 0. The zero-order chi connectivity index (χ0) is 8.69. The van der Waals surface area contributed by atoms with Crippen molar-refractivity contribution < 1.29 is 14.6 Å². The van der Waals surface area contributed by atoms with Gasteiger partial charge in [0.25, 0.3) is 0 Å². The van der Waals surface area contributed by atoms with Gasteiger partial charge in [0.15, 0.2) is 0 Å². The van der Waals surface area contributed by atoms with Gasteiger partial charge in [0.05, 0.1) is 6.61 Å². The van der Waals surface area contributed by atoms with E-state index in [1.54, 1.807) is 13.0 Å². The number of aliphatic hydroxyl groups is 1. The van der Waals surface area contributed by atoms with Gasteiger partial charge in [-0.1, -0.05) is 13.0 Å². The molecule has 1 N–H and O–H groups in total. The Morgan fingerprint density at radius 2 is 2.27 bits per heavy atom. The third-order valence-corrected chi connectivity index (χ3v) is 1.32. The molecule has 0 aliphatic rings. The first kappa shape index (κ1) is 10.2. The molecular formula is C8H14O3. The van der Waals surface area contributed by atoms with Crippen LogP contribution in [0, 0.1) is 0 Å². The molecule has 0 bridgehead atoms. The molecule has 64 valence electrons. The molecule has 0 aromatic heterocycles. The lowest BCUT2D eigenvalue weighted by molar-refractivity contribution is -0.140. The Morgan fingerprint density at radius 3 is 2.64 bits per heavy atom. The number of hydrogen-bond donors (Lipinski definition) is 1. The highest BCUT2D eigenvalue weighted by molar-refractivity contribution is 5.88. The van der Waals surface area contributed by atoms with Crippen molar-refractivity contribution >= 4 is 5.97 Å². The standard InChI is InChI=1S/C8H14O3/c1-3-7(4-2)8(10)11-6-5-9/h3,9H,4-6H2,1-2H3. The summed E-state index contributed by atoms with van der Waals surface area (Å²) in [6, 6.07) is 0. The molecule has 0 spiro atoms.